The van der Waals surface area contributed by atoms with Crippen molar-refractivity contribution in [1.29, 1.82) is 0 Å². The number of rotatable bonds is 3. The Morgan fingerprint density at radius 3 is 1.85 bits per heavy atom. The van der Waals surface area contributed by atoms with Crippen LogP contribution in [-0.4, -0.2) is 18.3 Å². The second-order valence-corrected chi connectivity index (χ2v) is 6.89. The SMILES string of the molecule is C=C(B1OC(C)(C)C(C)(C)O1)c1ccc(C(C)C)cc1. The van der Waals surface area contributed by atoms with E-state index in [-0.39, 0.29) is 18.3 Å². The fourth-order valence-corrected chi connectivity index (χ4v) is 2.20. The molecular weight excluding hydrogens is 247 g/mol. The molecule has 0 atom stereocenters. The summed E-state index contributed by atoms with van der Waals surface area (Å²) in [6.45, 7) is 16.8. The zero-order valence-corrected chi connectivity index (χ0v) is 13.5. The molecule has 1 aliphatic heterocycles. The summed E-state index contributed by atoms with van der Waals surface area (Å²) in [5.74, 6) is 0.536. The molecule has 0 spiro atoms. The molecule has 1 fully saturated rings. The minimum atomic E-state index is -0.370. The van der Waals surface area contributed by atoms with Crippen molar-refractivity contribution in [2.45, 2.75) is 58.7 Å². The van der Waals surface area contributed by atoms with Gasteiger partial charge in [0, 0.05) is 0 Å². The topological polar surface area (TPSA) is 18.5 Å². The summed E-state index contributed by atoms with van der Waals surface area (Å²) >= 11 is 0. The molecule has 0 amide bonds. The van der Waals surface area contributed by atoms with Crippen LogP contribution >= 0.6 is 0 Å². The molecular formula is C17H25BO2. The zero-order chi connectivity index (χ0) is 15.1. The summed E-state index contributed by atoms with van der Waals surface area (Å²) in [6, 6.07) is 8.50. The lowest BCUT2D eigenvalue weighted by atomic mass is 9.75. The maximum absolute atomic E-state index is 6.04. The molecule has 1 aliphatic rings. The van der Waals surface area contributed by atoms with Crippen molar-refractivity contribution in [3.63, 3.8) is 0 Å². The molecule has 0 radical (unpaired) electrons. The Kier molecular flexibility index (Phi) is 3.87. The van der Waals surface area contributed by atoms with Crippen LogP contribution in [0, 0.1) is 0 Å². The van der Waals surface area contributed by atoms with E-state index in [1.165, 1.54) is 5.56 Å². The van der Waals surface area contributed by atoms with Gasteiger partial charge in [0.2, 0.25) is 0 Å². The van der Waals surface area contributed by atoms with Gasteiger partial charge < -0.3 is 9.31 Å². The highest BCUT2D eigenvalue weighted by molar-refractivity contribution is 6.68. The van der Waals surface area contributed by atoms with Gasteiger partial charge in [0.25, 0.3) is 0 Å². The first-order chi connectivity index (χ1) is 9.14. The summed E-state index contributed by atoms with van der Waals surface area (Å²) < 4.78 is 12.1. The third-order valence-corrected chi connectivity index (χ3v) is 4.49. The van der Waals surface area contributed by atoms with Gasteiger partial charge in [-0.25, -0.2) is 0 Å². The van der Waals surface area contributed by atoms with Crippen LogP contribution in [0.15, 0.2) is 30.8 Å². The fraction of sp³-hybridized carbons (Fsp3) is 0.529. The highest BCUT2D eigenvalue weighted by Crippen LogP contribution is 2.40. The molecule has 0 unspecified atom stereocenters. The van der Waals surface area contributed by atoms with Gasteiger partial charge in [0.05, 0.1) is 11.2 Å². The molecule has 1 heterocycles. The number of hydrogen-bond donors (Lipinski definition) is 0. The number of benzene rings is 1. The van der Waals surface area contributed by atoms with Crippen LogP contribution in [0.2, 0.25) is 0 Å². The van der Waals surface area contributed by atoms with Crippen molar-refractivity contribution in [2.75, 3.05) is 0 Å². The van der Waals surface area contributed by atoms with Gasteiger partial charge in [0.1, 0.15) is 0 Å². The lowest BCUT2D eigenvalue weighted by Gasteiger charge is -2.32. The van der Waals surface area contributed by atoms with Crippen LogP contribution in [0.1, 0.15) is 58.6 Å². The molecule has 0 aromatic heterocycles. The summed E-state index contributed by atoms with van der Waals surface area (Å²) in [4.78, 5) is 0. The van der Waals surface area contributed by atoms with Crippen molar-refractivity contribution in [3.05, 3.63) is 42.0 Å². The second-order valence-electron chi connectivity index (χ2n) is 6.89. The van der Waals surface area contributed by atoms with Gasteiger partial charge in [-0.2, -0.15) is 0 Å². The van der Waals surface area contributed by atoms with Crippen molar-refractivity contribution in [2.24, 2.45) is 0 Å². The van der Waals surface area contributed by atoms with Crippen LogP contribution in [0.3, 0.4) is 0 Å². The minimum Gasteiger partial charge on any atom is -0.399 e. The van der Waals surface area contributed by atoms with Gasteiger partial charge in [0.15, 0.2) is 0 Å². The molecule has 1 aromatic carbocycles. The molecule has 0 bridgehead atoms. The maximum atomic E-state index is 6.04. The molecule has 2 rings (SSSR count). The Balaban J connectivity index is 2.17. The van der Waals surface area contributed by atoms with Crippen LogP contribution in [0.25, 0.3) is 5.47 Å². The lowest BCUT2D eigenvalue weighted by Crippen LogP contribution is -2.41. The molecule has 108 valence electrons. The monoisotopic (exact) mass is 272 g/mol. The van der Waals surface area contributed by atoms with Crippen LogP contribution in [0.4, 0.5) is 0 Å². The molecule has 20 heavy (non-hydrogen) atoms. The third kappa shape index (κ3) is 2.70. The molecule has 0 N–H and O–H groups in total. The first-order valence-corrected chi connectivity index (χ1v) is 7.29. The highest BCUT2D eigenvalue weighted by atomic mass is 16.7. The van der Waals surface area contributed by atoms with Crippen LogP contribution < -0.4 is 0 Å². The Hall–Kier alpha value is -1.06. The Morgan fingerprint density at radius 1 is 1.00 bits per heavy atom. The Bertz CT molecular complexity index is 484. The van der Waals surface area contributed by atoms with Gasteiger partial charge in [-0.15, -0.1) is 0 Å². The van der Waals surface area contributed by atoms with Gasteiger partial charge >= 0.3 is 7.12 Å². The summed E-state index contributed by atoms with van der Waals surface area (Å²) in [6.07, 6.45) is 0. The molecule has 1 saturated heterocycles. The number of hydrogen-bond acceptors (Lipinski definition) is 2. The van der Waals surface area contributed by atoms with Crippen molar-refractivity contribution >= 4 is 12.6 Å². The zero-order valence-electron chi connectivity index (χ0n) is 13.5. The molecule has 0 aliphatic carbocycles. The van der Waals surface area contributed by atoms with E-state index in [0.29, 0.717) is 5.92 Å². The summed E-state index contributed by atoms with van der Waals surface area (Å²) in [5.41, 5.74) is 2.65. The van der Waals surface area contributed by atoms with E-state index in [0.717, 1.165) is 11.0 Å². The van der Waals surface area contributed by atoms with Crippen LogP contribution in [0.5, 0.6) is 0 Å². The molecule has 2 nitrogen and oxygen atoms in total. The Morgan fingerprint density at radius 2 is 1.45 bits per heavy atom. The van der Waals surface area contributed by atoms with E-state index in [9.17, 15) is 0 Å². The second kappa shape index (κ2) is 5.05. The molecule has 1 aromatic rings. The van der Waals surface area contributed by atoms with Gasteiger partial charge in [-0.1, -0.05) is 44.7 Å². The first-order valence-electron chi connectivity index (χ1n) is 7.29. The van der Waals surface area contributed by atoms with Crippen molar-refractivity contribution in [1.82, 2.24) is 0 Å². The van der Waals surface area contributed by atoms with Gasteiger partial charge in [-0.3, -0.25) is 0 Å². The van der Waals surface area contributed by atoms with E-state index < -0.39 is 0 Å². The van der Waals surface area contributed by atoms with Gasteiger partial charge in [-0.05, 0) is 50.2 Å². The third-order valence-electron chi connectivity index (χ3n) is 4.49. The van der Waals surface area contributed by atoms with Crippen LogP contribution in [-0.2, 0) is 9.31 Å². The average molecular weight is 272 g/mol. The highest BCUT2D eigenvalue weighted by Gasteiger charge is 2.52. The van der Waals surface area contributed by atoms with E-state index in [1.807, 2.05) is 0 Å². The van der Waals surface area contributed by atoms with E-state index in [1.54, 1.807) is 0 Å². The predicted octanol–water partition coefficient (Wildman–Crippen LogP) is 4.45. The minimum absolute atomic E-state index is 0.321. The molecule has 3 heteroatoms. The smallest absolute Gasteiger partial charge is 0.399 e. The van der Waals surface area contributed by atoms with Crippen molar-refractivity contribution < 1.29 is 9.31 Å². The predicted molar refractivity (Wildman–Crippen MR) is 85.6 cm³/mol. The van der Waals surface area contributed by atoms with Crippen molar-refractivity contribution in [3.8, 4) is 0 Å². The average Bonchev–Trinajstić information content (AvgIpc) is 2.57. The quantitative estimate of drug-likeness (QED) is 0.756. The maximum Gasteiger partial charge on any atom is 0.494 e. The van der Waals surface area contributed by atoms with E-state index in [4.69, 9.17) is 9.31 Å². The lowest BCUT2D eigenvalue weighted by molar-refractivity contribution is 0.00578. The summed E-state index contributed by atoms with van der Waals surface area (Å²) in [5, 5.41) is 0. The first kappa shape index (κ1) is 15.3. The van der Waals surface area contributed by atoms with E-state index in [2.05, 4.69) is 72.4 Å². The summed E-state index contributed by atoms with van der Waals surface area (Å²) in [7, 11) is -0.370. The Labute approximate surface area is 123 Å². The fourth-order valence-electron chi connectivity index (χ4n) is 2.20. The largest absolute Gasteiger partial charge is 0.494 e. The van der Waals surface area contributed by atoms with E-state index >= 15 is 0 Å². The normalized spacial score (nSPS) is 20.4. The standard InChI is InChI=1S/C17H25BO2/c1-12(2)14-8-10-15(11-9-14)13(3)18-19-16(4,5)17(6,7)20-18/h8-12H,3H2,1-2,4-7H3. The molecule has 0 saturated carbocycles.